The highest BCUT2D eigenvalue weighted by molar-refractivity contribution is 4.92. The predicted octanol–water partition coefficient (Wildman–Crippen LogP) is 2.59. The smallest absolute Gasteiger partial charge is 0.371 e. The number of hydrogen-bond acceptors (Lipinski definition) is 2. The first-order valence-electron chi connectivity index (χ1n) is 6.41. The van der Waals surface area contributed by atoms with Gasteiger partial charge in [0.1, 0.15) is 6.61 Å². The molecule has 1 N–H and O–H groups in total. The maximum atomic E-state index is 11.8. The summed E-state index contributed by atoms with van der Waals surface area (Å²) in [5.41, 5.74) is 0. The molecule has 0 radical (unpaired) electrons. The molecular formula is C12H20F3NO. The topological polar surface area (TPSA) is 21.3 Å². The lowest BCUT2D eigenvalue weighted by molar-refractivity contribution is -0.173. The van der Waals surface area contributed by atoms with Crippen LogP contribution in [0.5, 0.6) is 0 Å². The SMILES string of the molecule is FC(F)(F)COCCNCC(C1CC1)C1CC1. The molecular weight excluding hydrogens is 231 g/mol. The van der Waals surface area contributed by atoms with Crippen LogP contribution in [0, 0.1) is 17.8 Å². The standard InChI is InChI=1S/C12H20F3NO/c13-12(14,15)8-17-6-5-16-7-11(9-1-2-9)10-3-4-10/h9-11,16H,1-8H2. The monoisotopic (exact) mass is 251 g/mol. The molecule has 0 spiro atoms. The van der Waals surface area contributed by atoms with E-state index < -0.39 is 12.8 Å². The molecule has 0 saturated heterocycles. The fourth-order valence-electron chi connectivity index (χ4n) is 2.37. The molecule has 0 aliphatic heterocycles. The van der Waals surface area contributed by atoms with E-state index in [0.29, 0.717) is 6.54 Å². The van der Waals surface area contributed by atoms with Gasteiger partial charge in [-0.1, -0.05) is 0 Å². The van der Waals surface area contributed by atoms with Crippen LogP contribution in [-0.4, -0.2) is 32.5 Å². The van der Waals surface area contributed by atoms with Gasteiger partial charge in [-0.2, -0.15) is 13.2 Å². The number of rotatable bonds is 8. The summed E-state index contributed by atoms with van der Waals surface area (Å²) in [5, 5.41) is 3.22. The fourth-order valence-corrected chi connectivity index (χ4v) is 2.37. The molecule has 0 atom stereocenters. The van der Waals surface area contributed by atoms with Crippen LogP contribution in [0.4, 0.5) is 13.2 Å². The molecule has 0 bridgehead atoms. The van der Waals surface area contributed by atoms with E-state index in [1.165, 1.54) is 25.7 Å². The molecule has 0 aromatic rings. The van der Waals surface area contributed by atoms with Crippen molar-refractivity contribution in [2.45, 2.75) is 31.9 Å². The van der Waals surface area contributed by atoms with Crippen molar-refractivity contribution >= 4 is 0 Å². The number of ether oxygens (including phenoxy) is 1. The average molecular weight is 251 g/mol. The first kappa shape index (κ1) is 13.1. The van der Waals surface area contributed by atoms with Gasteiger partial charge in [0, 0.05) is 6.54 Å². The molecule has 100 valence electrons. The van der Waals surface area contributed by atoms with Crippen LogP contribution in [0.2, 0.25) is 0 Å². The lowest BCUT2D eigenvalue weighted by Gasteiger charge is -2.16. The van der Waals surface area contributed by atoms with Gasteiger partial charge in [0.15, 0.2) is 0 Å². The zero-order valence-corrected chi connectivity index (χ0v) is 9.93. The largest absolute Gasteiger partial charge is 0.411 e. The Morgan fingerprint density at radius 3 is 2.18 bits per heavy atom. The second-order valence-electron chi connectivity index (χ2n) is 5.21. The number of alkyl halides is 3. The fraction of sp³-hybridized carbons (Fsp3) is 1.00. The van der Waals surface area contributed by atoms with E-state index in [-0.39, 0.29) is 6.61 Å². The van der Waals surface area contributed by atoms with Crippen LogP contribution < -0.4 is 5.32 Å². The van der Waals surface area contributed by atoms with Crippen molar-refractivity contribution in [3.8, 4) is 0 Å². The molecule has 5 heteroatoms. The Hall–Kier alpha value is -0.290. The predicted molar refractivity (Wildman–Crippen MR) is 58.7 cm³/mol. The minimum Gasteiger partial charge on any atom is -0.371 e. The zero-order valence-electron chi connectivity index (χ0n) is 9.93. The van der Waals surface area contributed by atoms with Gasteiger partial charge in [0.2, 0.25) is 0 Å². The maximum Gasteiger partial charge on any atom is 0.411 e. The van der Waals surface area contributed by atoms with Crippen LogP contribution in [0.1, 0.15) is 25.7 Å². The van der Waals surface area contributed by atoms with Crippen molar-refractivity contribution in [3.63, 3.8) is 0 Å². The first-order chi connectivity index (χ1) is 8.06. The van der Waals surface area contributed by atoms with Crippen LogP contribution in [0.25, 0.3) is 0 Å². The molecule has 2 saturated carbocycles. The van der Waals surface area contributed by atoms with Crippen molar-refractivity contribution in [2.75, 3.05) is 26.3 Å². The Bertz CT molecular complexity index is 224. The Labute approximate surface area is 99.9 Å². The Morgan fingerprint density at radius 1 is 1.12 bits per heavy atom. The van der Waals surface area contributed by atoms with E-state index in [4.69, 9.17) is 0 Å². The third-order valence-corrected chi connectivity index (χ3v) is 3.52. The quantitative estimate of drug-likeness (QED) is 0.669. The average Bonchev–Trinajstić information content (AvgIpc) is 3.09. The lowest BCUT2D eigenvalue weighted by atomic mass is 9.98. The highest BCUT2D eigenvalue weighted by Crippen LogP contribution is 2.48. The minimum absolute atomic E-state index is 0.140. The molecule has 2 fully saturated rings. The molecule has 2 aliphatic carbocycles. The van der Waals surface area contributed by atoms with Gasteiger partial charge in [-0.3, -0.25) is 0 Å². The lowest BCUT2D eigenvalue weighted by Crippen LogP contribution is -2.29. The van der Waals surface area contributed by atoms with Crippen LogP contribution in [0.15, 0.2) is 0 Å². The number of hydrogen-bond donors (Lipinski definition) is 1. The van der Waals surface area contributed by atoms with E-state index in [1.54, 1.807) is 0 Å². The maximum absolute atomic E-state index is 11.8. The van der Waals surface area contributed by atoms with Crippen molar-refractivity contribution in [1.29, 1.82) is 0 Å². The highest BCUT2D eigenvalue weighted by atomic mass is 19.4. The van der Waals surface area contributed by atoms with E-state index in [1.807, 2.05) is 0 Å². The summed E-state index contributed by atoms with van der Waals surface area (Å²) in [6, 6.07) is 0. The van der Waals surface area contributed by atoms with Crippen LogP contribution in [-0.2, 0) is 4.74 Å². The number of nitrogens with one attached hydrogen (secondary N) is 1. The van der Waals surface area contributed by atoms with Gasteiger partial charge in [-0.15, -0.1) is 0 Å². The molecule has 0 aromatic heterocycles. The van der Waals surface area contributed by atoms with Gasteiger partial charge >= 0.3 is 6.18 Å². The third-order valence-electron chi connectivity index (χ3n) is 3.52. The summed E-state index contributed by atoms with van der Waals surface area (Å²) in [4.78, 5) is 0. The molecule has 2 rings (SSSR count). The summed E-state index contributed by atoms with van der Waals surface area (Å²) >= 11 is 0. The number of halogens is 3. The first-order valence-corrected chi connectivity index (χ1v) is 6.41. The second-order valence-corrected chi connectivity index (χ2v) is 5.21. The molecule has 2 aliphatic rings. The summed E-state index contributed by atoms with van der Waals surface area (Å²) in [5.74, 6) is 2.52. The minimum atomic E-state index is -4.20. The third kappa shape index (κ3) is 5.25. The summed E-state index contributed by atoms with van der Waals surface area (Å²) in [7, 11) is 0. The van der Waals surface area contributed by atoms with E-state index in [0.717, 1.165) is 24.3 Å². The summed E-state index contributed by atoms with van der Waals surface area (Å²) in [6.45, 7) is 0.474. The molecule has 0 unspecified atom stereocenters. The highest BCUT2D eigenvalue weighted by Gasteiger charge is 2.40. The van der Waals surface area contributed by atoms with Crippen LogP contribution in [0.3, 0.4) is 0 Å². The normalized spacial score (nSPS) is 21.2. The van der Waals surface area contributed by atoms with Gasteiger partial charge in [0.05, 0.1) is 6.61 Å². The summed E-state index contributed by atoms with van der Waals surface area (Å²) < 4.78 is 39.9. The van der Waals surface area contributed by atoms with E-state index in [9.17, 15) is 13.2 Å². The molecule has 0 aromatic carbocycles. The molecule has 0 amide bonds. The van der Waals surface area contributed by atoms with E-state index >= 15 is 0 Å². The van der Waals surface area contributed by atoms with Crippen molar-refractivity contribution in [2.24, 2.45) is 17.8 Å². The van der Waals surface area contributed by atoms with Crippen molar-refractivity contribution in [3.05, 3.63) is 0 Å². The zero-order chi connectivity index (χ0) is 12.3. The van der Waals surface area contributed by atoms with Crippen molar-refractivity contribution in [1.82, 2.24) is 5.32 Å². The molecule has 17 heavy (non-hydrogen) atoms. The molecule has 2 nitrogen and oxygen atoms in total. The Morgan fingerprint density at radius 2 is 1.71 bits per heavy atom. The van der Waals surface area contributed by atoms with Gasteiger partial charge in [-0.05, 0) is 50.0 Å². The van der Waals surface area contributed by atoms with E-state index in [2.05, 4.69) is 10.1 Å². The Balaban J connectivity index is 1.48. The summed E-state index contributed by atoms with van der Waals surface area (Å²) in [6.07, 6.45) is 1.16. The Kier molecular flexibility index (Phi) is 4.31. The second kappa shape index (κ2) is 5.57. The van der Waals surface area contributed by atoms with Gasteiger partial charge in [0.25, 0.3) is 0 Å². The van der Waals surface area contributed by atoms with Crippen LogP contribution >= 0.6 is 0 Å². The van der Waals surface area contributed by atoms with Crippen molar-refractivity contribution < 1.29 is 17.9 Å². The molecule has 0 heterocycles. The van der Waals surface area contributed by atoms with Gasteiger partial charge < -0.3 is 10.1 Å². The van der Waals surface area contributed by atoms with Gasteiger partial charge in [-0.25, -0.2) is 0 Å².